The van der Waals surface area contributed by atoms with E-state index in [-0.39, 0.29) is 5.41 Å². The summed E-state index contributed by atoms with van der Waals surface area (Å²) >= 11 is 0. The fourth-order valence-corrected chi connectivity index (χ4v) is 1.92. The zero-order valence-electron chi connectivity index (χ0n) is 10.4. The number of aliphatic carboxylic acids is 1. The van der Waals surface area contributed by atoms with Crippen LogP contribution in [0.5, 0.6) is 0 Å². The number of rotatable bonds is 2. The van der Waals surface area contributed by atoms with E-state index in [9.17, 15) is 9.90 Å². The number of allylic oxidation sites excluding steroid dienone is 2. The normalized spacial score (nSPS) is 31.9. The molecular formula is C12H18O3. The van der Waals surface area contributed by atoms with Crippen molar-refractivity contribution in [3.05, 3.63) is 23.3 Å². The maximum absolute atomic E-state index is 10.5. The van der Waals surface area contributed by atoms with Crippen molar-refractivity contribution in [1.82, 2.24) is 0 Å². The van der Waals surface area contributed by atoms with Crippen molar-refractivity contribution in [3.63, 3.8) is 0 Å². The van der Waals surface area contributed by atoms with Gasteiger partial charge in [-0.05, 0) is 36.3 Å². The molecule has 84 valence electrons. The summed E-state index contributed by atoms with van der Waals surface area (Å²) in [5, 5.41) is 18.5. The number of hydrogen-bond acceptors (Lipinski definition) is 2. The second-order valence-electron chi connectivity index (χ2n) is 4.54. The van der Waals surface area contributed by atoms with Gasteiger partial charge in [0, 0.05) is 6.08 Å². The van der Waals surface area contributed by atoms with Crippen LogP contribution in [-0.4, -0.2) is 22.3 Å². The Morgan fingerprint density at radius 3 is 2.80 bits per heavy atom. The van der Waals surface area contributed by atoms with Gasteiger partial charge in [0.1, 0.15) is 0 Å². The van der Waals surface area contributed by atoms with E-state index in [1.807, 2.05) is 13.8 Å². The van der Waals surface area contributed by atoms with Crippen LogP contribution < -0.4 is 0 Å². The van der Waals surface area contributed by atoms with E-state index < -0.39 is 12.0 Å². The second kappa shape index (κ2) is 4.19. The SMILES string of the molecule is [2H]C1(O)CCC(C)(C)C(C=CC(=O)O)=C1C. The standard InChI is InChI=1S/C12H18O3/c1-8-9(4-5-11(14)15)12(2,3)7-6-10(8)13/h4-5,10,13H,6-7H2,1-3H3,(H,14,15)/i10D. The molecule has 3 nitrogen and oxygen atoms in total. The average Bonchev–Trinajstić information content (AvgIpc) is 2.12. The molecular weight excluding hydrogens is 192 g/mol. The van der Waals surface area contributed by atoms with E-state index in [4.69, 9.17) is 6.48 Å². The average molecular weight is 211 g/mol. The van der Waals surface area contributed by atoms with E-state index in [2.05, 4.69) is 0 Å². The third-order valence-corrected chi connectivity index (χ3v) is 2.95. The first-order chi connectivity index (χ1) is 7.17. The van der Waals surface area contributed by atoms with Crippen LogP contribution in [0.3, 0.4) is 0 Å². The highest BCUT2D eigenvalue weighted by Gasteiger charge is 2.30. The van der Waals surface area contributed by atoms with Gasteiger partial charge < -0.3 is 10.2 Å². The molecule has 0 aliphatic heterocycles. The van der Waals surface area contributed by atoms with Crippen LogP contribution in [0.1, 0.15) is 35.0 Å². The Balaban J connectivity index is 3.20. The van der Waals surface area contributed by atoms with Crippen molar-refractivity contribution >= 4 is 5.97 Å². The summed E-state index contributed by atoms with van der Waals surface area (Å²) in [5.41, 5.74) is 1.10. The predicted molar refractivity (Wildman–Crippen MR) is 58.5 cm³/mol. The monoisotopic (exact) mass is 211 g/mol. The summed E-state index contributed by atoms with van der Waals surface area (Å²) in [7, 11) is 0. The molecule has 1 aliphatic carbocycles. The Bertz CT molecular complexity index is 364. The molecule has 0 radical (unpaired) electrons. The van der Waals surface area contributed by atoms with E-state index >= 15 is 0 Å². The Hall–Kier alpha value is -1.09. The maximum Gasteiger partial charge on any atom is 0.328 e. The molecule has 0 bridgehead atoms. The van der Waals surface area contributed by atoms with Crippen LogP contribution in [0, 0.1) is 5.41 Å². The summed E-state index contributed by atoms with van der Waals surface area (Å²) in [6.45, 7) is 5.68. The van der Waals surface area contributed by atoms with Crippen molar-refractivity contribution < 1.29 is 16.4 Å². The van der Waals surface area contributed by atoms with Crippen LogP contribution in [-0.2, 0) is 4.79 Å². The third kappa shape index (κ3) is 2.69. The Kier molecular flexibility index (Phi) is 2.91. The quantitative estimate of drug-likeness (QED) is 0.688. The predicted octanol–water partition coefficient (Wildman–Crippen LogP) is 2.12. The topological polar surface area (TPSA) is 57.5 Å². The zero-order chi connectivity index (χ0) is 12.6. The summed E-state index contributed by atoms with van der Waals surface area (Å²) in [5.74, 6) is -1.02. The van der Waals surface area contributed by atoms with Gasteiger partial charge in [-0.15, -0.1) is 0 Å². The molecule has 1 aliphatic rings. The summed E-state index contributed by atoms with van der Waals surface area (Å²) in [4.78, 5) is 10.5. The number of carbonyl (C=O) groups is 1. The summed E-state index contributed by atoms with van der Waals surface area (Å²) in [6, 6.07) is 0. The number of aliphatic hydroxyl groups is 1. The zero-order valence-corrected chi connectivity index (χ0v) is 9.37. The molecule has 15 heavy (non-hydrogen) atoms. The first kappa shape index (κ1) is 10.4. The molecule has 3 heteroatoms. The van der Waals surface area contributed by atoms with Gasteiger partial charge in [0.2, 0.25) is 0 Å². The fourth-order valence-electron chi connectivity index (χ4n) is 1.92. The molecule has 0 fully saturated rings. The molecule has 1 atom stereocenters. The molecule has 0 aromatic rings. The molecule has 1 rings (SSSR count). The smallest absolute Gasteiger partial charge is 0.328 e. The minimum absolute atomic E-state index is 0.191. The van der Waals surface area contributed by atoms with Crippen molar-refractivity contribution in [2.24, 2.45) is 5.41 Å². The van der Waals surface area contributed by atoms with Gasteiger partial charge in [-0.1, -0.05) is 19.9 Å². The van der Waals surface area contributed by atoms with Crippen LogP contribution in [0.25, 0.3) is 0 Å². The molecule has 0 spiro atoms. The van der Waals surface area contributed by atoms with Crippen LogP contribution >= 0.6 is 0 Å². The number of carboxylic acid groups (broad SMARTS) is 1. The van der Waals surface area contributed by atoms with Crippen LogP contribution in [0.4, 0.5) is 0 Å². The van der Waals surface area contributed by atoms with Crippen LogP contribution in [0.2, 0.25) is 0 Å². The van der Waals surface area contributed by atoms with Gasteiger partial charge in [0.25, 0.3) is 0 Å². The van der Waals surface area contributed by atoms with Crippen molar-refractivity contribution in [2.45, 2.75) is 39.7 Å². The Morgan fingerprint density at radius 2 is 2.27 bits per heavy atom. The molecule has 0 heterocycles. The van der Waals surface area contributed by atoms with Crippen molar-refractivity contribution in [2.75, 3.05) is 0 Å². The minimum atomic E-state index is -1.56. The number of carboxylic acids is 1. The van der Waals surface area contributed by atoms with Gasteiger partial charge >= 0.3 is 5.97 Å². The minimum Gasteiger partial charge on any atom is -0.478 e. The van der Waals surface area contributed by atoms with Crippen molar-refractivity contribution in [1.29, 1.82) is 0 Å². The first-order valence-corrected chi connectivity index (χ1v) is 5.02. The largest absolute Gasteiger partial charge is 0.478 e. The first-order valence-electron chi connectivity index (χ1n) is 5.52. The maximum atomic E-state index is 10.5. The lowest BCUT2D eigenvalue weighted by Gasteiger charge is -2.35. The highest BCUT2D eigenvalue weighted by atomic mass is 16.4. The van der Waals surface area contributed by atoms with Gasteiger partial charge in [-0.3, -0.25) is 0 Å². The highest BCUT2D eigenvalue weighted by Crippen LogP contribution is 2.40. The van der Waals surface area contributed by atoms with E-state index in [0.29, 0.717) is 18.4 Å². The Labute approximate surface area is 91.5 Å². The lowest BCUT2D eigenvalue weighted by molar-refractivity contribution is -0.131. The lowest BCUT2D eigenvalue weighted by Crippen LogP contribution is -2.27. The molecule has 0 saturated carbocycles. The highest BCUT2D eigenvalue weighted by molar-refractivity contribution is 5.80. The van der Waals surface area contributed by atoms with E-state index in [1.165, 1.54) is 6.08 Å². The number of hydrogen-bond donors (Lipinski definition) is 2. The third-order valence-electron chi connectivity index (χ3n) is 2.95. The van der Waals surface area contributed by atoms with Gasteiger partial charge in [-0.2, -0.15) is 0 Å². The van der Waals surface area contributed by atoms with Crippen LogP contribution in [0.15, 0.2) is 23.3 Å². The van der Waals surface area contributed by atoms with Gasteiger partial charge in [0.05, 0.1) is 7.45 Å². The Morgan fingerprint density at radius 1 is 1.67 bits per heavy atom. The van der Waals surface area contributed by atoms with Gasteiger partial charge in [0.15, 0.2) is 0 Å². The lowest BCUT2D eigenvalue weighted by atomic mass is 9.71. The molecule has 0 amide bonds. The molecule has 0 aromatic carbocycles. The molecule has 1 unspecified atom stereocenters. The summed E-state index contributed by atoms with van der Waals surface area (Å²) < 4.78 is 7.74. The molecule has 0 aromatic heterocycles. The van der Waals surface area contributed by atoms with Crippen molar-refractivity contribution in [3.8, 4) is 0 Å². The summed E-state index contributed by atoms with van der Waals surface area (Å²) in [6.07, 6.45) is 2.05. The second-order valence-corrected chi connectivity index (χ2v) is 4.54. The molecule has 0 saturated heterocycles. The fraction of sp³-hybridized carbons (Fsp3) is 0.583. The molecule has 2 N–H and O–H groups in total. The van der Waals surface area contributed by atoms with E-state index in [1.54, 1.807) is 6.92 Å². The van der Waals surface area contributed by atoms with Gasteiger partial charge in [-0.25, -0.2) is 4.79 Å². The van der Waals surface area contributed by atoms with E-state index in [0.717, 1.165) is 11.6 Å².